The van der Waals surface area contributed by atoms with Crippen molar-refractivity contribution in [2.24, 2.45) is 0 Å². The topological polar surface area (TPSA) is 0 Å². The minimum absolute atomic E-state index is 0.368. The van der Waals surface area contributed by atoms with E-state index in [4.69, 9.17) is 23.2 Å². The van der Waals surface area contributed by atoms with Crippen molar-refractivity contribution in [2.45, 2.75) is 22.1 Å². The zero-order valence-electron chi connectivity index (χ0n) is 13.3. The molecular weight excluding hydrogens is 335 g/mol. The largest absolute Gasteiger partial charge is 0.143 e. The Morgan fingerprint density at radius 3 is 1.62 bits per heavy atom. The van der Waals surface area contributed by atoms with Gasteiger partial charge in [-0.15, -0.1) is 0 Å². The second-order valence-electron chi connectivity index (χ2n) is 6.91. The normalized spacial score (nSPS) is 24.5. The monoisotopic (exact) mass is 350 g/mol. The predicted octanol–water partition coefficient (Wildman–Crippen LogP) is 6.10. The zero-order valence-corrected chi connectivity index (χ0v) is 14.8. The lowest BCUT2D eigenvalue weighted by atomic mass is 9.81. The van der Waals surface area contributed by atoms with Gasteiger partial charge in [0.25, 0.3) is 0 Å². The Kier molecular flexibility index (Phi) is 2.70. The molecule has 24 heavy (non-hydrogen) atoms. The lowest BCUT2D eigenvalue weighted by molar-refractivity contribution is 0.663. The van der Waals surface area contributed by atoms with Crippen molar-refractivity contribution in [3.05, 3.63) is 95.6 Å². The molecule has 2 aliphatic carbocycles. The molecule has 0 heterocycles. The van der Waals surface area contributed by atoms with Crippen LogP contribution in [0.5, 0.6) is 0 Å². The van der Waals surface area contributed by atoms with Gasteiger partial charge < -0.3 is 0 Å². The molecule has 0 aliphatic heterocycles. The quantitative estimate of drug-likeness (QED) is 0.465. The van der Waals surface area contributed by atoms with E-state index in [0.29, 0.717) is 0 Å². The van der Waals surface area contributed by atoms with Crippen LogP contribution in [0.2, 0.25) is 0 Å². The number of alkyl halides is 2. The van der Waals surface area contributed by atoms with Crippen LogP contribution < -0.4 is 0 Å². The van der Waals surface area contributed by atoms with Crippen LogP contribution in [0.3, 0.4) is 0 Å². The molecule has 0 saturated heterocycles. The maximum atomic E-state index is 7.07. The molecule has 0 radical (unpaired) electrons. The summed E-state index contributed by atoms with van der Waals surface area (Å²) in [6.07, 6.45) is 0. The Morgan fingerprint density at radius 1 is 0.625 bits per heavy atom. The van der Waals surface area contributed by atoms with E-state index >= 15 is 0 Å². The number of halogens is 2. The van der Waals surface area contributed by atoms with Gasteiger partial charge in [-0.05, 0) is 27.8 Å². The molecule has 0 aromatic heterocycles. The fourth-order valence-electron chi connectivity index (χ4n) is 4.91. The molecule has 1 saturated carbocycles. The molecule has 3 aromatic carbocycles. The molecule has 0 amide bonds. The molecule has 0 bridgehead atoms. The summed E-state index contributed by atoms with van der Waals surface area (Å²) >= 11 is 14.1. The third-order valence-electron chi connectivity index (χ3n) is 6.09. The lowest BCUT2D eigenvalue weighted by Gasteiger charge is -2.19. The molecule has 0 nitrogen and oxygen atoms in total. The third-order valence-corrected chi connectivity index (χ3v) is 7.41. The molecular formula is C22H16Cl2. The summed E-state index contributed by atoms with van der Waals surface area (Å²) in [4.78, 5) is 0. The van der Waals surface area contributed by atoms with Gasteiger partial charge in [0, 0.05) is 5.41 Å². The van der Waals surface area contributed by atoms with Crippen LogP contribution in [0.15, 0.2) is 78.9 Å². The van der Waals surface area contributed by atoms with E-state index in [-0.39, 0.29) is 5.41 Å². The molecule has 2 heteroatoms. The molecule has 0 N–H and O–H groups in total. The predicted molar refractivity (Wildman–Crippen MR) is 101 cm³/mol. The first-order chi connectivity index (χ1) is 11.6. The van der Waals surface area contributed by atoms with Crippen LogP contribution >= 0.6 is 23.2 Å². The fourth-order valence-corrected chi connectivity index (χ4v) is 6.10. The highest BCUT2D eigenvalue weighted by atomic mass is 35.5. The maximum Gasteiger partial charge on any atom is 0.143 e. The fraction of sp³-hybridized carbons (Fsp3) is 0.182. The Bertz CT molecular complexity index is 913. The average molecular weight is 351 g/mol. The highest BCUT2D eigenvalue weighted by Crippen LogP contribution is 2.83. The van der Waals surface area contributed by atoms with Crippen molar-refractivity contribution in [3.8, 4) is 11.1 Å². The molecule has 2 aliphatic rings. The molecule has 1 unspecified atom stereocenters. The van der Waals surface area contributed by atoms with Crippen molar-refractivity contribution in [1.82, 2.24) is 0 Å². The van der Waals surface area contributed by atoms with Gasteiger partial charge in [-0.3, -0.25) is 0 Å². The second-order valence-corrected chi connectivity index (χ2v) is 8.23. The summed E-state index contributed by atoms with van der Waals surface area (Å²) in [6, 6.07) is 27.5. The molecule has 3 aromatic rings. The van der Waals surface area contributed by atoms with E-state index in [2.05, 4.69) is 79.7 Å². The van der Waals surface area contributed by atoms with Gasteiger partial charge >= 0.3 is 0 Å². The van der Waals surface area contributed by atoms with Gasteiger partial charge in [-0.25, -0.2) is 0 Å². The highest BCUT2D eigenvalue weighted by molar-refractivity contribution is 6.54. The van der Waals surface area contributed by atoms with Gasteiger partial charge in [-0.2, -0.15) is 0 Å². The van der Waals surface area contributed by atoms with Crippen LogP contribution in [0.25, 0.3) is 11.1 Å². The summed E-state index contributed by atoms with van der Waals surface area (Å²) in [7, 11) is 0. The lowest BCUT2D eigenvalue weighted by Crippen LogP contribution is -2.18. The second kappa shape index (κ2) is 4.45. The van der Waals surface area contributed by atoms with Gasteiger partial charge in [0.1, 0.15) is 4.33 Å². The molecule has 1 fully saturated rings. The van der Waals surface area contributed by atoms with Crippen molar-refractivity contribution >= 4 is 23.2 Å². The molecule has 1 spiro atoms. The van der Waals surface area contributed by atoms with Crippen molar-refractivity contribution in [3.63, 3.8) is 0 Å². The van der Waals surface area contributed by atoms with Crippen LogP contribution in [-0.2, 0) is 10.8 Å². The minimum Gasteiger partial charge on any atom is -0.0992 e. The van der Waals surface area contributed by atoms with Crippen LogP contribution in [0.1, 0.15) is 23.6 Å². The minimum atomic E-state index is -0.885. The summed E-state index contributed by atoms with van der Waals surface area (Å²) < 4.78 is -0.885. The smallest absolute Gasteiger partial charge is 0.0992 e. The van der Waals surface area contributed by atoms with Crippen molar-refractivity contribution in [1.29, 1.82) is 0 Å². The number of rotatable bonds is 1. The first kappa shape index (κ1) is 14.6. The van der Waals surface area contributed by atoms with E-state index in [1.54, 1.807) is 0 Å². The van der Waals surface area contributed by atoms with Gasteiger partial charge in [-0.1, -0.05) is 109 Å². The van der Waals surface area contributed by atoms with E-state index in [9.17, 15) is 0 Å². The molecule has 1 atom stereocenters. The van der Waals surface area contributed by atoms with Crippen molar-refractivity contribution in [2.75, 3.05) is 0 Å². The summed E-state index contributed by atoms with van der Waals surface area (Å²) in [6.45, 7) is 2.20. The molecule has 5 rings (SSSR count). The maximum absolute atomic E-state index is 7.07. The Morgan fingerprint density at radius 2 is 1.08 bits per heavy atom. The van der Waals surface area contributed by atoms with E-state index in [1.807, 2.05) is 6.07 Å². The van der Waals surface area contributed by atoms with Gasteiger partial charge in [0.15, 0.2) is 0 Å². The van der Waals surface area contributed by atoms with Crippen molar-refractivity contribution < 1.29 is 0 Å². The summed E-state index contributed by atoms with van der Waals surface area (Å²) in [5.41, 5.74) is 5.38. The Labute approximate surface area is 152 Å². The Balaban J connectivity index is 1.89. The van der Waals surface area contributed by atoms with Crippen LogP contribution in [0.4, 0.5) is 0 Å². The zero-order chi connectivity index (χ0) is 16.6. The summed E-state index contributed by atoms with van der Waals surface area (Å²) in [5, 5.41) is 0. The first-order valence-electron chi connectivity index (χ1n) is 8.19. The Hall–Kier alpha value is -1.76. The van der Waals surface area contributed by atoms with E-state index in [0.717, 1.165) is 0 Å². The number of benzene rings is 3. The molecule has 118 valence electrons. The van der Waals surface area contributed by atoms with E-state index in [1.165, 1.54) is 27.8 Å². The highest BCUT2D eigenvalue weighted by Gasteiger charge is 2.87. The van der Waals surface area contributed by atoms with E-state index < -0.39 is 9.75 Å². The average Bonchev–Trinajstić information content (AvgIpc) is 2.89. The van der Waals surface area contributed by atoms with Crippen LogP contribution in [-0.4, -0.2) is 4.33 Å². The third kappa shape index (κ3) is 1.32. The number of hydrogen-bond acceptors (Lipinski definition) is 0. The number of fused-ring (bicyclic) bond motifs is 5. The van der Waals surface area contributed by atoms with Gasteiger partial charge in [0.05, 0.1) is 5.41 Å². The summed E-state index contributed by atoms with van der Waals surface area (Å²) in [5.74, 6) is 0. The number of hydrogen-bond donors (Lipinski definition) is 0. The van der Waals surface area contributed by atoms with Crippen LogP contribution in [0, 0.1) is 0 Å². The standard InChI is InChI=1S/C22H16Cl2/c1-20(15-9-3-2-4-10-15)21(22(20,23)24)18-13-7-5-11-16(18)17-12-6-8-14-19(17)21/h2-14H,1H3. The SMILES string of the molecule is CC1(c2ccccc2)C(Cl)(Cl)C12c1ccccc1-c1ccccc12. The first-order valence-corrected chi connectivity index (χ1v) is 8.95. The van der Waals surface area contributed by atoms with Gasteiger partial charge in [0.2, 0.25) is 0 Å².